The van der Waals surface area contributed by atoms with Crippen molar-refractivity contribution in [2.75, 3.05) is 11.4 Å². The van der Waals surface area contributed by atoms with Crippen LogP contribution < -0.4 is 4.90 Å². The van der Waals surface area contributed by atoms with E-state index in [0.29, 0.717) is 0 Å². The first-order chi connectivity index (χ1) is 13.2. The van der Waals surface area contributed by atoms with Crippen molar-refractivity contribution < 1.29 is 4.79 Å². The van der Waals surface area contributed by atoms with Crippen LogP contribution in [0, 0.1) is 6.92 Å². The summed E-state index contributed by atoms with van der Waals surface area (Å²) >= 11 is 1.70. The summed E-state index contributed by atoms with van der Waals surface area (Å²) in [5, 5.41) is 0.906. The third kappa shape index (κ3) is 2.73. The molecular weight excluding hydrogens is 352 g/mol. The molecule has 0 radical (unpaired) electrons. The lowest BCUT2D eigenvalue weighted by Crippen LogP contribution is -2.29. The van der Waals surface area contributed by atoms with Gasteiger partial charge in [-0.15, -0.1) is 11.3 Å². The van der Waals surface area contributed by atoms with E-state index in [4.69, 9.17) is 4.98 Å². The van der Waals surface area contributed by atoms with Crippen molar-refractivity contribution in [3.05, 3.63) is 82.7 Å². The molecule has 1 aliphatic rings. The van der Waals surface area contributed by atoms with Gasteiger partial charge < -0.3 is 4.90 Å². The molecule has 0 saturated carbocycles. The first kappa shape index (κ1) is 16.2. The van der Waals surface area contributed by atoms with Gasteiger partial charge in [-0.05, 0) is 49.2 Å². The highest BCUT2D eigenvalue weighted by atomic mass is 32.1. The molecule has 132 valence electrons. The number of rotatable bonds is 2. The van der Waals surface area contributed by atoms with Gasteiger partial charge in [-0.2, -0.15) is 0 Å². The Hall–Kier alpha value is -2.98. The number of hydrogen-bond acceptors (Lipinski definition) is 3. The Morgan fingerprint density at radius 2 is 1.85 bits per heavy atom. The van der Waals surface area contributed by atoms with E-state index in [2.05, 4.69) is 25.1 Å². The van der Waals surface area contributed by atoms with Gasteiger partial charge in [0.25, 0.3) is 5.91 Å². The molecule has 0 fully saturated rings. The maximum atomic E-state index is 13.5. The van der Waals surface area contributed by atoms with Crippen molar-refractivity contribution in [3.63, 3.8) is 0 Å². The number of aromatic nitrogens is 1. The number of benzene rings is 2. The lowest BCUT2D eigenvalue weighted by atomic mass is 10.1. The molecule has 0 N–H and O–H groups in total. The fourth-order valence-electron chi connectivity index (χ4n) is 3.75. The second-order valence-corrected chi connectivity index (χ2v) is 8.11. The van der Waals surface area contributed by atoms with Crippen LogP contribution in [-0.2, 0) is 6.42 Å². The summed E-state index contributed by atoms with van der Waals surface area (Å²) in [6.45, 7) is 2.81. The average Bonchev–Trinajstić information content (AvgIpc) is 3.33. The average molecular weight is 370 g/mol. The van der Waals surface area contributed by atoms with E-state index < -0.39 is 0 Å². The van der Waals surface area contributed by atoms with E-state index in [1.807, 2.05) is 53.4 Å². The number of aryl methyl sites for hydroxylation is 1. The molecule has 0 unspecified atom stereocenters. The first-order valence-corrected chi connectivity index (χ1v) is 9.89. The minimum absolute atomic E-state index is 0.0491. The van der Waals surface area contributed by atoms with E-state index in [1.165, 1.54) is 10.4 Å². The minimum Gasteiger partial charge on any atom is -0.308 e. The molecule has 1 amide bonds. The van der Waals surface area contributed by atoms with E-state index in [0.717, 1.165) is 45.7 Å². The van der Waals surface area contributed by atoms with Crippen molar-refractivity contribution in [3.8, 4) is 10.6 Å². The quantitative estimate of drug-likeness (QED) is 0.468. The molecule has 3 nitrogen and oxygen atoms in total. The Morgan fingerprint density at radius 1 is 1.04 bits per heavy atom. The second-order valence-electron chi connectivity index (χ2n) is 6.82. The van der Waals surface area contributed by atoms with Crippen molar-refractivity contribution in [1.82, 2.24) is 4.98 Å². The number of pyridine rings is 1. The number of thiophene rings is 1. The number of nitrogens with zero attached hydrogens (tertiary/aromatic N) is 2. The van der Waals surface area contributed by atoms with Crippen LogP contribution in [0.4, 0.5) is 5.69 Å². The zero-order valence-electron chi connectivity index (χ0n) is 15.0. The normalized spacial score (nSPS) is 13.1. The predicted octanol–water partition coefficient (Wildman–Crippen LogP) is 5.47. The van der Waals surface area contributed by atoms with Crippen LogP contribution in [0.5, 0.6) is 0 Å². The van der Waals surface area contributed by atoms with Crippen molar-refractivity contribution in [2.24, 2.45) is 0 Å². The van der Waals surface area contributed by atoms with E-state index in [-0.39, 0.29) is 5.91 Å². The SMILES string of the molecule is Cc1ccc(-c2cc(C(=O)N3CCc4ccccc43)c3ccccc3n2)s1. The third-order valence-corrected chi connectivity index (χ3v) is 6.09. The lowest BCUT2D eigenvalue weighted by Gasteiger charge is -2.19. The topological polar surface area (TPSA) is 33.2 Å². The number of fused-ring (bicyclic) bond motifs is 2. The van der Waals surface area contributed by atoms with Gasteiger partial charge in [0, 0.05) is 22.5 Å². The van der Waals surface area contributed by atoms with Gasteiger partial charge in [0.15, 0.2) is 0 Å². The maximum absolute atomic E-state index is 13.5. The maximum Gasteiger partial charge on any atom is 0.259 e. The standard InChI is InChI=1S/C23H18N2OS/c1-15-10-11-22(27-15)20-14-18(17-7-3-4-8-19(17)24-20)23(26)25-13-12-16-6-2-5-9-21(16)25/h2-11,14H,12-13H2,1H3. The fourth-order valence-corrected chi connectivity index (χ4v) is 4.57. The zero-order valence-corrected chi connectivity index (χ0v) is 15.8. The molecule has 27 heavy (non-hydrogen) atoms. The van der Waals surface area contributed by atoms with Gasteiger partial charge >= 0.3 is 0 Å². The molecular formula is C23H18N2OS. The summed E-state index contributed by atoms with van der Waals surface area (Å²) in [6.07, 6.45) is 0.905. The van der Waals surface area contributed by atoms with Gasteiger partial charge in [0.2, 0.25) is 0 Å². The Bertz CT molecular complexity index is 1180. The smallest absolute Gasteiger partial charge is 0.259 e. The predicted molar refractivity (Wildman–Crippen MR) is 112 cm³/mol. The van der Waals surface area contributed by atoms with Crippen LogP contribution in [0.2, 0.25) is 0 Å². The molecule has 5 rings (SSSR count). The number of anilines is 1. The van der Waals surface area contributed by atoms with Crippen LogP contribution in [-0.4, -0.2) is 17.4 Å². The zero-order chi connectivity index (χ0) is 18.4. The Labute approximate surface area is 161 Å². The van der Waals surface area contributed by atoms with Crippen LogP contribution in [0.3, 0.4) is 0 Å². The van der Waals surface area contributed by atoms with E-state index in [9.17, 15) is 4.79 Å². The fraction of sp³-hybridized carbons (Fsp3) is 0.130. The van der Waals surface area contributed by atoms with Crippen LogP contribution in [0.15, 0.2) is 66.7 Å². The second kappa shape index (κ2) is 6.32. The number of para-hydroxylation sites is 2. The van der Waals surface area contributed by atoms with Crippen LogP contribution >= 0.6 is 11.3 Å². The molecule has 2 aromatic heterocycles. The molecule has 4 heteroatoms. The Morgan fingerprint density at radius 3 is 2.70 bits per heavy atom. The molecule has 3 heterocycles. The van der Waals surface area contributed by atoms with Crippen molar-refractivity contribution in [1.29, 1.82) is 0 Å². The molecule has 0 saturated heterocycles. The largest absolute Gasteiger partial charge is 0.308 e. The Kier molecular flexibility index (Phi) is 3.80. The summed E-state index contributed by atoms with van der Waals surface area (Å²) in [5.74, 6) is 0.0491. The molecule has 1 aliphatic heterocycles. The minimum atomic E-state index is 0.0491. The monoisotopic (exact) mass is 370 g/mol. The highest BCUT2D eigenvalue weighted by Crippen LogP contribution is 2.33. The van der Waals surface area contributed by atoms with Gasteiger partial charge in [0.05, 0.1) is 21.7 Å². The highest BCUT2D eigenvalue weighted by molar-refractivity contribution is 7.15. The number of amides is 1. The van der Waals surface area contributed by atoms with Gasteiger partial charge in [-0.3, -0.25) is 4.79 Å². The van der Waals surface area contributed by atoms with Gasteiger partial charge in [-0.25, -0.2) is 4.98 Å². The molecule has 0 atom stereocenters. The van der Waals surface area contributed by atoms with Gasteiger partial charge in [0.1, 0.15) is 0 Å². The molecule has 0 aliphatic carbocycles. The molecule has 2 aromatic carbocycles. The van der Waals surface area contributed by atoms with Crippen molar-refractivity contribution in [2.45, 2.75) is 13.3 Å². The summed E-state index contributed by atoms with van der Waals surface area (Å²) in [7, 11) is 0. The first-order valence-electron chi connectivity index (χ1n) is 9.07. The lowest BCUT2D eigenvalue weighted by molar-refractivity contribution is 0.0991. The van der Waals surface area contributed by atoms with Crippen molar-refractivity contribution >= 4 is 33.8 Å². The summed E-state index contributed by atoms with van der Waals surface area (Å²) < 4.78 is 0. The highest BCUT2D eigenvalue weighted by Gasteiger charge is 2.27. The van der Waals surface area contributed by atoms with E-state index >= 15 is 0 Å². The Balaban J connectivity index is 1.67. The molecule has 4 aromatic rings. The third-order valence-electron chi connectivity index (χ3n) is 5.07. The van der Waals surface area contributed by atoms with Crippen LogP contribution in [0.1, 0.15) is 20.8 Å². The number of carbonyl (C=O) groups excluding carboxylic acids is 1. The van der Waals surface area contributed by atoms with E-state index in [1.54, 1.807) is 11.3 Å². The molecule has 0 bridgehead atoms. The van der Waals surface area contributed by atoms with Crippen LogP contribution in [0.25, 0.3) is 21.5 Å². The number of hydrogen-bond donors (Lipinski definition) is 0. The molecule has 0 spiro atoms. The summed E-state index contributed by atoms with van der Waals surface area (Å²) in [5.41, 5.74) is 4.70. The van der Waals surface area contributed by atoms with Gasteiger partial charge in [-0.1, -0.05) is 36.4 Å². The summed E-state index contributed by atoms with van der Waals surface area (Å²) in [6, 6.07) is 22.2. The number of carbonyl (C=O) groups is 1. The summed E-state index contributed by atoms with van der Waals surface area (Å²) in [4.78, 5) is 22.6.